The molecule has 0 aliphatic heterocycles. The maximum atomic E-state index is 12.9. The maximum absolute atomic E-state index is 12.9. The third-order valence-electron chi connectivity index (χ3n) is 3.69. The molecule has 0 unspecified atom stereocenters. The summed E-state index contributed by atoms with van der Waals surface area (Å²) in [7, 11) is 0. The zero-order valence-electron chi connectivity index (χ0n) is 13.9. The first-order valence-corrected chi connectivity index (χ1v) is 7.93. The van der Waals surface area contributed by atoms with Gasteiger partial charge in [-0.1, -0.05) is 6.07 Å². The number of ether oxygens (including phenoxy) is 1. The summed E-state index contributed by atoms with van der Waals surface area (Å²) in [6.07, 6.45) is 3.56. The molecular weight excluding hydrogens is 319 g/mol. The Labute approximate surface area is 145 Å². The third-order valence-corrected chi connectivity index (χ3v) is 3.69. The number of aromatic nitrogens is 2. The first-order valence-electron chi connectivity index (χ1n) is 7.93. The summed E-state index contributed by atoms with van der Waals surface area (Å²) in [5, 5.41) is 0. The summed E-state index contributed by atoms with van der Waals surface area (Å²) < 4.78 is 20.4. The van der Waals surface area contributed by atoms with Gasteiger partial charge < -0.3 is 4.74 Å². The van der Waals surface area contributed by atoms with Gasteiger partial charge in [-0.15, -0.1) is 0 Å². The van der Waals surface area contributed by atoms with Crippen LogP contribution in [0.3, 0.4) is 0 Å². The Kier molecular flexibility index (Phi) is 5.14. The Morgan fingerprint density at radius 3 is 2.48 bits per heavy atom. The first-order chi connectivity index (χ1) is 12.1. The molecule has 126 valence electrons. The minimum atomic E-state index is -0.353. The van der Waals surface area contributed by atoms with Crippen LogP contribution in [0.15, 0.2) is 67.0 Å². The quantitative estimate of drug-likeness (QED) is 0.512. The summed E-state index contributed by atoms with van der Waals surface area (Å²) >= 11 is 0. The highest BCUT2D eigenvalue weighted by Gasteiger charge is 2.12. The van der Waals surface area contributed by atoms with E-state index in [1.165, 1.54) is 24.3 Å². The number of hydrogen-bond acceptors (Lipinski definition) is 3. The molecule has 0 aliphatic rings. The molecule has 2 aromatic heterocycles. The van der Waals surface area contributed by atoms with Gasteiger partial charge in [-0.3, -0.25) is 9.78 Å². The second kappa shape index (κ2) is 7.66. The fourth-order valence-corrected chi connectivity index (χ4v) is 2.38. The van der Waals surface area contributed by atoms with Gasteiger partial charge in [0.05, 0.1) is 5.69 Å². The molecule has 0 fully saturated rings. The van der Waals surface area contributed by atoms with E-state index in [0.717, 1.165) is 11.4 Å². The van der Waals surface area contributed by atoms with Gasteiger partial charge in [0.25, 0.3) is 0 Å². The molecule has 0 aliphatic carbocycles. The van der Waals surface area contributed by atoms with Crippen molar-refractivity contribution in [1.29, 1.82) is 0 Å². The van der Waals surface area contributed by atoms with Crippen LogP contribution in [0.4, 0.5) is 4.39 Å². The highest BCUT2D eigenvalue weighted by Crippen LogP contribution is 2.10. The number of hydrogen-bond donors (Lipinski definition) is 0. The summed E-state index contributed by atoms with van der Waals surface area (Å²) in [6, 6.07) is 14.9. The zero-order valence-corrected chi connectivity index (χ0v) is 13.9. The second-order valence-electron chi connectivity index (χ2n) is 5.70. The largest absolute Gasteiger partial charge is 0.487 e. The lowest BCUT2D eigenvalue weighted by molar-refractivity contribution is -0.683. The number of Topliss-reactive ketones (excluding diaryl/α,β-unsaturated/α-hetero) is 1. The van der Waals surface area contributed by atoms with Crippen molar-refractivity contribution in [2.24, 2.45) is 0 Å². The van der Waals surface area contributed by atoms with Gasteiger partial charge in [-0.2, -0.15) is 4.57 Å². The lowest BCUT2D eigenvalue weighted by atomic mass is 10.1. The fraction of sp³-hybridized carbons (Fsp3) is 0.150. The Hall–Kier alpha value is -3.08. The Morgan fingerprint density at radius 1 is 1.08 bits per heavy atom. The number of benzene rings is 1. The van der Waals surface area contributed by atoms with E-state index in [1.807, 2.05) is 25.1 Å². The molecule has 0 atom stereocenters. The smallest absolute Gasteiger partial charge is 0.227 e. The highest BCUT2D eigenvalue weighted by molar-refractivity contribution is 5.94. The molecule has 5 heteroatoms. The van der Waals surface area contributed by atoms with Crippen molar-refractivity contribution >= 4 is 5.78 Å². The summed E-state index contributed by atoms with van der Waals surface area (Å²) in [4.78, 5) is 16.6. The van der Waals surface area contributed by atoms with Crippen LogP contribution in [-0.2, 0) is 13.2 Å². The van der Waals surface area contributed by atoms with Crippen LogP contribution in [-0.4, -0.2) is 10.8 Å². The van der Waals surface area contributed by atoms with E-state index in [2.05, 4.69) is 4.98 Å². The molecule has 0 radical (unpaired) electrons. The van der Waals surface area contributed by atoms with Crippen LogP contribution < -0.4 is 9.30 Å². The van der Waals surface area contributed by atoms with Crippen LogP contribution in [0.2, 0.25) is 0 Å². The third kappa shape index (κ3) is 4.70. The lowest BCUT2D eigenvalue weighted by Gasteiger charge is -2.05. The van der Waals surface area contributed by atoms with E-state index in [4.69, 9.17) is 4.74 Å². The monoisotopic (exact) mass is 337 g/mol. The predicted octanol–water partition coefficient (Wildman–Crippen LogP) is 3.28. The number of carbonyl (C=O) groups is 1. The Morgan fingerprint density at radius 2 is 1.80 bits per heavy atom. The molecule has 0 spiro atoms. The molecule has 0 bridgehead atoms. The summed E-state index contributed by atoms with van der Waals surface area (Å²) in [6.45, 7) is 2.51. The molecule has 2 heterocycles. The van der Waals surface area contributed by atoms with Crippen LogP contribution in [0.1, 0.15) is 21.7 Å². The normalized spacial score (nSPS) is 10.5. The van der Waals surface area contributed by atoms with E-state index in [1.54, 1.807) is 29.1 Å². The van der Waals surface area contributed by atoms with Crippen molar-refractivity contribution in [3.05, 3.63) is 89.8 Å². The standard InChI is InChI=1S/C20H18FN2O2/c1-15-3-2-4-18(22-15)14-25-19-9-11-23(12-10-19)13-20(24)16-5-7-17(21)8-6-16/h2-12H,13-14H2,1H3/q+1. The average molecular weight is 337 g/mol. The topological polar surface area (TPSA) is 43.1 Å². The molecular formula is C20H18FN2O2+. The number of ketones is 1. The van der Waals surface area contributed by atoms with Gasteiger partial charge in [0, 0.05) is 23.4 Å². The molecule has 0 saturated heterocycles. The van der Waals surface area contributed by atoms with Gasteiger partial charge in [-0.05, 0) is 43.3 Å². The molecule has 0 saturated carbocycles. The van der Waals surface area contributed by atoms with Gasteiger partial charge in [-0.25, -0.2) is 4.39 Å². The highest BCUT2D eigenvalue weighted by atomic mass is 19.1. The van der Waals surface area contributed by atoms with Crippen LogP contribution >= 0.6 is 0 Å². The average Bonchev–Trinajstić information content (AvgIpc) is 2.62. The number of carbonyl (C=O) groups excluding carboxylic acids is 1. The summed E-state index contributed by atoms with van der Waals surface area (Å²) in [5.41, 5.74) is 2.30. The SMILES string of the molecule is Cc1cccc(COc2cc[n+](CC(=O)c3ccc(F)cc3)cc2)n1. The minimum Gasteiger partial charge on any atom is -0.487 e. The zero-order chi connectivity index (χ0) is 17.6. The molecule has 0 amide bonds. The van der Waals surface area contributed by atoms with Crippen molar-refractivity contribution in [3.8, 4) is 5.75 Å². The second-order valence-corrected chi connectivity index (χ2v) is 5.70. The predicted molar refractivity (Wildman–Crippen MR) is 90.7 cm³/mol. The Bertz CT molecular complexity index is 862. The van der Waals surface area contributed by atoms with E-state index >= 15 is 0 Å². The number of halogens is 1. The molecule has 3 rings (SSSR count). The van der Waals surface area contributed by atoms with E-state index in [-0.39, 0.29) is 18.1 Å². The van der Waals surface area contributed by atoms with Crippen molar-refractivity contribution in [2.75, 3.05) is 0 Å². The number of rotatable bonds is 6. The van der Waals surface area contributed by atoms with E-state index in [0.29, 0.717) is 17.9 Å². The first kappa shape index (κ1) is 16.8. The Balaban J connectivity index is 1.58. The van der Waals surface area contributed by atoms with Crippen LogP contribution in [0, 0.1) is 12.7 Å². The maximum Gasteiger partial charge on any atom is 0.227 e. The van der Waals surface area contributed by atoms with Crippen LogP contribution in [0.25, 0.3) is 0 Å². The molecule has 3 aromatic rings. The molecule has 4 nitrogen and oxygen atoms in total. The van der Waals surface area contributed by atoms with Crippen molar-refractivity contribution < 1.29 is 18.5 Å². The van der Waals surface area contributed by atoms with Crippen LogP contribution in [0.5, 0.6) is 5.75 Å². The minimum absolute atomic E-state index is 0.0809. The van der Waals surface area contributed by atoms with Gasteiger partial charge in [0.15, 0.2) is 12.4 Å². The molecule has 0 N–H and O–H groups in total. The fourth-order valence-electron chi connectivity index (χ4n) is 2.38. The molecule has 1 aromatic carbocycles. The number of nitrogens with zero attached hydrogens (tertiary/aromatic N) is 2. The van der Waals surface area contributed by atoms with E-state index < -0.39 is 0 Å². The lowest BCUT2D eigenvalue weighted by Crippen LogP contribution is -2.36. The van der Waals surface area contributed by atoms with Crippen molar-refractivity contribution in [1.82, 2.24) is 4.98 Å². The van der Waals surface area contributed by atoms with Crippen molar-refractivity contribution in [3.63, 3.8) is 0 Å². The number of aryl methyl sites for hydroxylation is 1. The van der Waals surface area contributed by atoms with Gasteiger partial charge >= 0.3 is 0 Å². The molecule has 25 heavy (non-hydrogen) atoms. The van der Waals surface area contributed by atoms with Gasteiger partial charge in [0.1, 0.15) is 18.2 Å². The summed E-state index contributed by atoms with van der Waals surface area (Å²) in [5.74, 6) is 0.269. The van der Waals surface area contributed by atoms with Gasteiger partial charge in [0.2, 0.25) is 12.3 Å². The van der Waals surface area contributed by atoms with E-state index in [9.17, 15) is 9.18 Å². The number of pyridine rings is 2. The van der Waals surface area contributed by atoms with Crippen molar-refractivity contribution in [2.45, 2.75) is 20.1 Å².